The maximum Gasteiger partial charge on any atom is 0.412 e. The Bertz CT molecular complexity index is 1900. The van der Waals surface area contributed by atoms with E-state index in [1.165, 1.54) is 10.5 Å². The van der Waals surface area contributed by atoms with E-state index in [0.29, 0.717) is 5.82 Å². The van der Waals surface area contributed by atoms with Gasteiger partial charge in [0.05, 0.1) is 42.4 Å². The van der Waals surface area contributed by atoms with Crippen molar-refractivity contribution in [1.82, 2.24) is 35.1 Å². The predicted molar refractivity (Wildman–Crippen MR) is 209 cm³/mol. The minimum atomic E-state index is -0.608. The number of carbonyl (C=O) groups is 2. The molecule has 12 nitrogen and oxygen atoms in total. The zero-order valence-corrected chi connectivity index (χ0v) is 32.8. The molecule has 1 fully saturated rings. The number of hydrogen-bond donors (Lipinski definition) is 3. The van der Waals surface area contributed by atoms with Crippen molar-refractivity contribution in [3.8, 4) is 11.3 Å². The van der Waals surface area contributed by atoms with E-state index in [1.807, 2.05) is 38.8 Å². The maximum atomic E-state index is 13.7. The molecule has 288 valence electrons. The largest absolute Gasteiger partial charge is 0.444 e. The Balaban J connectivity index is 1.08. The highest BCUT2D eigenvalue weighted by Crippen LogP contribution is 2.37. The van der Waals surface area contributed by atoms with Gasteiger partial charge in [0.25, 0.3) is 0 Å². The Labute approximate surface area is 318 Å². The van der Waals surface area contributed by atoms with Gasteiger partial charge in [-0.2, -0.15) is 0 Å². The third-order valence-electron chi connectivity index (χ3n) is 10.1. The van der Waals surface area contributed by atoms with Gasteiger partial charge in [0, 0.05) is 32.6 Å². The molecular weight excluding hydrogens is 683 g/mol. The molecule has 0 radical (unpaired) electrons. The van der Waals surface area contributed by atoms with Crippen molar-refractivity contribution in [2.75, 3.05) is 27.5 Å². The van der Waals surface area contributed by atoms with Crippen molar-refractivity contribution >= 4 is 23.1 Å². The second kappa shape index (κ2) is 16.7. The van der Waals surface area contributed by atoms with Crippen LogP contribution >= 0.6 is 0 Å². The average Bonchev–Trinajstić information content (AvgIpc) is 3.94. The highest BCUT2D eigenvalue weighted by atomic mass is 16.6. The lowest BCUT2D eigenvalue weighted by Crippen LogP contribution is -2.52. The summed E-state index contributed by atoms with van der Waals surface area (Å²) in [7, 11) is 3.19. The second-order valence-corrected chi connectivity index (χ2v) is 15.7. The van der Waals surface area contributed by atoms with Crippen molar-refractivity contribution in [2.24, 2.45) is 17.8 Å². The number of rotatable bonds is 13. The van der Waals surface area contributed by atoms with Gasteiger partial charge >= 0.3 is 6.09 Å². The van der Waals surface area contributed by atoms with Crippen LogP contribution in [0.4, 0.5) is 4.79 Å². The summed E-state index contributed by atoms with van der Waals surface area (Å²) in [5.41, 5.74) is 5.62. The molecule has 1 saturated heterocycles. The minimum absolute atomic E-state index is 0.0785. The molecule has 54 heavy (non-hydrogen) atoms. The first-order chi connectivity index (χ1) is 25.8. The van der Waals surface area contributed by atoms with Gasteiger partial charge < -0.3 is 29.1 Å². The Hall–Kier alpha value is -4.78. The van der Waals surface area contributed by atoms with Crippen molar-refractivity contribution in [3.05, 3.63) is 96.0 Å². The zero-order valence-electron chi connectivity index (χ0n) is 32.8. The van der Waals surface area contributed by atoms with Gasteiger partial charge in [0.1, 0.15) is 30.2 Å². The number of benzene rings is 1. The second-order valence-electron chi connectivity index (χ2n) is 15.7. The van der Waals surface area contributed by atoms with E-state index in [2.05, 4.69) is 94.8 Å². The molecule has 3 N–H and O–H groups in total. The monoisotopic (exact) mass is 737 g/mol. The zero-order chi connectivity index (χ0) is 38.6. The normalized spacial score (nSPS) is 20.8. The lowest BCUT2D eigenvalue weighted by Gasteiger charge is -2.31. The van der Waals surface area contributed by atoms with Crippen LogP contribution in [0.15, 0.2) is 73.1 Å². The van der Waals surface area contributed by atoms with Crippen LogP contribution < -0.4 is 5.32 Å². The van der Waals surface area contributed by atoms with Gasteiger partial charge in [-0.3, -0.25) is 15.0 Å². The summed E-state index contributed by atoms with van der Waals surface area (Å²) in [6.07, 6.45) is 18.3. The summed E-state index contributed by atoms with van der Waals surface area (Å²) in [6.45, 7) is 12.6. The number of fused-ring (bicyclic) bond motifs is 1. The van der Waals surface area contributed by atoms with Gasteiger partial charge in [0.15, 0.2) is 0 Å². The Morgan fingerprint density at radius 1 is 0.944 bits per heavy atom. The van der Waals surface area contributed by atoms with Crippen LogP contribution in [0.3, 0.4) is 0 Å². The molecule has 3 aliphatic rings. The van der Waals surface area contributed by atoms with Crippen molar-refractivity contribution in [1.29, 1.82) is 0 Å². The van der Waals surface area contributed by atoms with Gasteiger partial charge in [-0.05, 0) is 68.7 Å². The first-order valence-corrected chi connectivity index (χ1v) is 18.9. The highest BCUT2D eigenvalue weighted by molar-refractivity contribution is 5.83. The highest BCUT2D eigenvalue weighted by Gasteiger charge is 2.37. The number of aromatic amines is 2. The Kier molecular flexibility index (Phi) is 12.0. The van der Waals surface area contributed by atoms with Crippen LogP contribution in [0.1, 0.15) is 83.3 Å². The number of methoxy groups -OCH3 is 2. The topological polar surface area (TPSA) is 138 Å². The molecule has 0 saturated carbocycles. The van der Waals surface area contributed by atoms with E-state index in [0.717, 1.165) is 53.3 Å². The molecule has 0 spiro atoms. The van der Waals surface area contributed by atoms with Gasteiger partial charge in [0.2, 0.25) is 5.91 Å². The molecule has 3 heterocycles. The summed E-state index contributed by atoms with van der Waals surface area (Å²) >= 11 is 0. The number of nitrogens with zero attached hydrogens (tertiary/aromatic N) is 4. The number of imidazole rings is 2. The average molecular weight is 738 g/mol. The molecule has 5 atom stereocenters. The Morgan fingerprint density at radius 2 is 1.61 bits per heavy atom. The predicted octanol–water partition coefficient (Wildman–Crippen LogP) is 7.25. The summed E-state index contributed by atoms with van der Waals surface area (Å²) < 4.78 is 16.2. The molecule has 1 aliphatic heterocycles. The fourth-order valence-electron chi connectivity index (χ4n) is 7.19. The number of nitrogens with one attached hydrogen (secondary N) is 3. The van der Waals surface area contributed by atoms with Gasteiger partial charge in [-0.15, -0.1) is 0 Å². The summed E-state index contributed by atoms with van der Waals surface area (Å²) in [4.78, 5) is 46.0. The maximum absolute atomic E-state index is 13.7. The molecule has 1 aromatic carbocycles. The summed E-state index contributed by atoms with van der Waals surface area (Å²) in [5.74, 6) is 2.16. The van der Waals surface area contributed by atoms with Gasteiger partial charge in [-0.1, -0.05) is 74.6 Å². The number of H-pyrrole nitrogens is 2. The quantitative estimate of drug-likeness (QED) is 0.156. The third kappa shape index (κ3) is 9.11. The van der Waals surface area contributed by atoms with Crippen molar-refractivity contribution < 1.29 is 23.8 Å². The number of aromatic nitrogens is 4. The van der Waals surface area contributed by atoms with Crippen LogP contribution in [0, 0.1) is 17.8 Å². The van der Waals surface area contributed by atoms with Crippen molar-refractivity contribution in [2.45, 2.75) is 84.8 Å². The number of likely N-dealkylation sites (tertiary alicyclic amines) is 1. The fraction of sp³-hybridized carbons (Fsp3) is 0.476. The van der Waals surface area contributed by atoms with E-state index in [-0.39, 0.29) is 55.2 Å². The third-order valence-corrected chi connectivity index (χ3v) is 10.1. The minimum Gasteiger partial charge on any atom is -0.444 e. The SMILES string of the molecule is COCN(Cc1ncc(-c2ccc(C3=CC4C=CC(c5cnc(C6CCCN6C(=O)[C@@H](NC(C)OC)C(C)C)[nH]5)=CC4C=C3)cc2)[nH]1)C(=O)OC(C)(C)C. The van der Waals surface area contributed by atoms with E-state index >= 15 is 0 Å². The molecule has 0 bridgehead atoms. The lowest BCUT2D eigenvalue weighted by molar-refractivity contribution is -0.137. The number of ether oxygens (including phenoxy) is 3. The number of carbonyl (C=O) groups excluding carboxylic acids is 2. The number of hydrogen-bond acceptors (Lipinski definition) is 8. The summed E-state index contributed by atoms with van der Waals surface area (Å²) in [5, 5.41) is 3.34. The molecule has 6 rings (SSSR count). The standard InChI is InChI=1S/C42H55N7O5/c1-26(2)38(45-27(3)53-8)40(50)49-19-9-10-36(49)39-44-23-35(47-39)33-18-17-31-20-30(15-16-32(31)21-33)28-11-13-29(14-12-28)34-22-43-37(46-34)24-48(25-52-7)41(51)54-42(4,5)6/h11-18,20-23,26-27,31-32,36,38,45H,9-10,19,24-25H2,1-8H3,(H,43,46)(H,44,47)/t27?,31?,32?,36?,38-/m0/s1. The smallest absolute Gasteiger partial charge is 0.412 e. The molecule has 3 aromatic rings. The van der Waals surface area contributed by atoms with Crippen LogP contribution in [0.5, 0.6) is 0 Å². The van der Waals surface area contributed by atoms with Gasteiger partial charge in [-0.25, -0.2) is 14.8 Å². The molecule has 2 aromatic heterocycles. The Morgan fingerprint density at radius 3 is 2.28 bits per heavy atom. The van der Waals surface area contributed by atoms with Crippen LogP contribution in [-0.2, 0) is 25.5 Å². The fourth-order valence-corrected chi connectivity index (χ4v) is 7.19. The van der Waals surface area contributed by atoms with E-state index in [4.69, 9.17) is 19.2 Å². The summed E-state index contributed by atoms with van der Waals surface area (Å²) in [6, 6.07) is 8.00. The first-order valence-electron chi connectivity index (χ1n) is 18.9. The van der Waals surface area contributed by atoms with E-state index in [9.17, 15) is 9.59 Å². The van der Waals surface area contributed by atoms with Crippen molar-refractivity contribution in [3.63, 3.8) is 0 Å². The van der Waals surface area contributed by atoms with Crippen LogP contribution in [0.2, 0.25) is 0 Å². The number of amides is 2. The molecule has 2 amide bonds. The lowest BCUT2D eigenvalue weighted by atomic mass is 9.79. The van der Waals surface area contributed by atoms with Crippen LogP contribution in [0.25, 0.3) is 22.4 Å². The molecular formula is C42H55N7O5. The van der Waals surface area contributed by atoms with E-state index in [1.54, 1.807) is 20.4 Å². The van der Waals surface area contributed by atoms with E-state index < -0.39 is 11.7 Å². The molecule has 2 aliphatic carbocycles. The first kappa shape index (κ1) is 38.9. The number of allylic oxidation sites excluding steroid dienone is 8. The van der Waals surface area contributed by atoms with Crippen LogP contribution in [-0.4, -0.2) is 87.1 Å². The molecule has 4 unspecified atom stereocenters. The molecule has 12 heteroatoms.